The lowest BCUT2D eigenvalue weighted by atomic mass is 10.0. The van der Waals surface area contributed by atoms with Crippen LogP contribution in [-0.2, 0) is 4.79 Å². The Morgan fingerprint density at radius 3 is 2.89 bits per heavy atom. The van der Waals surface area contributed by atoms with Crippen LogP contribution >= 0.6 is 0 Å². The fraction of sp³-hybridized carbons (Fsp3) is 0. The van der Waals surface area contributed by atoms with Crippen LogP contribution in [0.5, 0.6) is 0 Å². The van der Waals surface area contributed by atoms with Crippen molar-refractivity contribution >= 4 is 29.2 Å². The summed E-state index contributed by atoms with van der Waals surface area (Å²) in [4.78, 5) is 29.6. The summed E-state index contributed by atoms with van der Waals surface area (Å²) in [5.74, 6) is -1.28. The third-order valence-electron chi connectivity index (χ3n) is 2.87. The molecule has 94 valence electrons. The summed E-state index contributed by atoms with van der Waals surface area (Å²) in [7, 11) is 0. The van der Waals surface area contributed by atoms with E-state index in [1.807, 2.05) is 0 Å². The van der Waals surface area contributed by atoms with E-state index in [0.717, 1.165) is 0 Å². The number of hydrogen-bond acceptors (Lipinski definition) is 3. The zero-order valence-corrected chi connectivity index (χ0v) is 9.68. The van der Waals surface area contributed by atoms with Gasteiger partial charge in [0.05, 0.1) is 29.4 Å². The zero-order valence-electron chi connectivity index (χ0n) is 9.68. The molecule has 2 aromatic rings. The maximum Gasteiger partial charge on any atom is 0.335 e. The van der Waals surface area contributed by atoms with Crippen molar-refractivity contribution in [2.45, 2.75) is 0 Å². The predicted octanol–water partition coefficient (Wildman–Crippen LogP) is 1.60. The molecular weight excluding hydrogens is 246 g/mol. The number of carbonyl (C=O) groups excluding carboxylic acids is 1. The van der Waals surface area contributed by atoms with Gasteiger partial charge in [-0.2, -0.15) is 0 Å². The fourth-order valence-electron chi connectivity index (χ4n) is 1.97. The third-order valence-corrected chi connectivity index (χ3v) is 2.87. The smallest absolute Gasteiger partial charge is 0.335 e. The van der Waals surface area contributed by atoms with Gasteiger partial charge in [0.1, 0.15) is 0 Å². The van der Waals surface area contributed by atoms with Crippen molar-refractivity contribution < 1.29 is 14.7 Å². The van der Waals surface area contributed by atoms with Crippen molar-refractivity contribution in [1.82, 2.24) is 9.97 Å². The number of carbonyl (C=O) groups is 2. The Morgan fingerprint density at radius 2 is 2.21 bits per heavy atom. The number of H-pyrrole nitrogens is 1. The number of amides is 1. The van der Waals surface area contributed by atoms with Gasteiger partial charge in [-0.05, 0) is 24.3 Å². The molecule has 0 fully saturated rings. The van der Waals surface area contributed by atoms with Crippen LogP contribution < -0.4 is 5.32 Å². The molecule has 3 rings (SSSR count). The fourth-order valence-corrected chi connectivity index (χ4v) is 1.97. The second kappa shape index (κ2) is 4.09. The van der Waals surface area contributed by atoms with Crippen LogP contribution in [0.4, 0.5) is 5.69 Å². The van der Waals surface area contributed by atoms with E-state index in [2.05, 4.69) is 15.3 Å². The summed E-state index contributed by atoms with van der Waals surface area (Å²) in [6, 6.07) is 4.53. The molecule has 2 heterocycles. The van der Waals surface area contributed by atoms with Crippen LogP contribution in [0.3, 0.4) is 0 Å². The van der Waals surface area contributed by atoms with Crippen LogP contribution in [-0.4, -0.2) is 27.0 Å². The van der Waals surface area contributed by atoms with E-state index < -0.39 is 5.97 Å². The highest BCUT2D eigenvalue weighted by Crippen LogP contribution is 2.33. The molecule has 1 amide bonds. The minimum atomic E-state index is -1.02. The average molecular weight is 255 g/mol. The molecule has 19 heavy (non-hydrogen) atoms. The second-order valence-electron chi connectivity index (χ2n) is 4.08. The van der Waals surface area contributed by atoms with Gasteiger partial charge in [-0.25, -0.2) is 9.78 Å². The van der Waals surface area contributed by atoms with Gasteiger partial charge in [-0.15, -0.1) is 0 Å². The number of anilines is 1. The molecule has 1 aromatic carbocycles. The van der Waals surface area contributed by atoms with Crippen molar-refractivity contribution in [1.29, 1.82) is 0 Å². The number of nitrogens with one attached hydrogen (secondary N) is 2. The van der Waals surface area contributed by atoms with Gasteiger partial charge < -0.3 is 15.4 Å². The lowest BCUT2D eigenvalue weighted by Crippen LogP contribution is -2.03. The predicted molar refractivity (Wildman–Crippen MR) is 68.5 cm³/mol. The van der Waals surface area contributed by atoms with E-state index in [0.29, 0.717) is 22.5 Å². The van der Waals surface area contributed by atoms with E-state index in [-0.39, 0.29) is 11.5 Å². The Bertz CT molecular complexity index is 702. The van der Waals surface area contributed by atoms with Crippen molar-refractivity contribution in [3.8, 4) is 0 Å². The van der Waals surface area contributed by atoms with Crippen molar-refractivity contribution in [3.05, 3.63) is 47.5 Å². The Balaban J connectivity index is 2.12. The number of benzene rings is 1. The monoisotopic (exact) mass is 255 g/mol. The molecule has 0 saturated heterocycles. The Morgan fingerprint density at radius 1 is 1.37 bits per heavy atom. The number of aromatic carboxylic acids is 1. The molecule has 6 heteroatoms. The zero-order chi connectivity index (χ0) is 13.4. The molecular formula is C13H9N3O3. The van der Waals surface area contributed by atoms with Gasteiger partial charge in [-0.3, -0.25) is 4.79 Å². The summed E-state index contributed by atoms with van der Waals surface area (Å²) in [5, 5.41) is 11.7. The number of rotatable bonds is 2. The first-order chi connectivity index (χ1) is 9.15. The number of hydrogen-bond donors (Lipinski definition) is 3. The Labute approximate surface area is 107 Å². The number of carboxylic acids is 1. The second-order valence-corrected chi connectivity index (χ2v) is 4.08. The van der Waals surface area contributed by atoms with Gasteiger partial charge in [0.2, 0.25) is 0 Å². The van der Waals surface area contributed by atoms with E-state index in [1.54, 1.807) is 18.3 Å². The molecule has 0 atom stereocenters. The maximum absolute atomic E-state index is 11.9. The number of carboxylic acid groups (broad SMARTS) is 1. The molecule has 1 aromatic heterocycles. The lowest BCUT2D eigenvalue weighted by molar-refractivity contribution is -0.110. The molecule has 0 aliphatic carbocycles. The summed E-state index contributed by atoms with van der Waals surface area (Å²) in [6.07, 6.45) is 4.73. The SMILES string of the molecule is O=C1Nc2ccc(C(=O)O)cc2C1=Cc1cnc[nH]1. The molecule has 0 saturated carbocycles. The van der Waals surface area contributed by atoms with Crippen LogP contribution in [0, 0.1) is 0 Å². The minimum absolute atomic E-state index is 0.144. The number of aromatic amines is 1. The van der Waals surface area contributed by atoms with E-state index in [1.165, 1.54) is 18.5 Å². The molecule has 0 spiro atoms. The summed E-state index contributed by atoms with van der Waals surface area (Å²) < 4.78 is 0. The highest BCUT2D eigenvalue weighted by atomic mass is 16.4. The largest absolute Gasteiger partial charge is 0.478 e. The standard InChI is InChI=1S/C13H9N3O3/c17-12-10(4-8-5-14-6-15-8)9-3-7(13(18)19)1-2-11(9)16-12/h1-6H,(H,14,15)(H,16,17)(H,18,19). The normalized spacial score (nSPS) is 15.4. The lowest BCUT2D eigenvalue weighted by Gasteiger charge is -2.00. The third kappa shape index (κ3) is 1.89. The van der Waals surface area contributed by atoms with Crippen molar-refractivity contribution in [2.24, 2.45) is 0 Å². The first-order valence-electron chi connectivity index (χ1n) is 5.54. The first-order valence-corrected chi connectivity index (χ1v) is 5.54. The number of imidazole rings is 1. The molecule has 6 nitrogen and oxygen atoms in total. The average Bonchev–Trinajstić information content (AvgIpc) is 2.98. The van der Waals surface area contributed by atoms with Crippen molar-refractivity contribution in [3.63, 3.8) is 0 Å². The molecule has 0 unspecified atom stereocenters. The summed E-state index contributed by atoms with van der Waals surface area (Å²) >= 11 is 0. The van der Waals surface area contributed by atoms with E-state index in [4.69, 9.17) is 5.11 Å². The molecule has 0 bridgehead atoms. The highest BCUT2D eigenvalue weighted by molar-refractivity contribution is 6.35. The van der Waals surface area contributed by atoms with Crippen LogP contribution in [0.1, 0.15) is 21.6 Å². The van der Waals surface area contributed by atoms with Crippen LogP contribution in [0.15, 0.2) is 30.7 Å². The molecule has 0 radical (unpaired) electrons. The highest BCUT2D eigenvalue weighted by Gasteiger charge is 2.25. The Kier molecular flexibility index (Phi) is 2.42. The molecule has 1 aliphatic heterocycles. The molecule has 1 aliphatic rings. The van der Waals surface area contributed by atoms with Gasteiger partial charge >= 0.3 is 5.97 Å². The first kappa shape index (κ1) is 11.2. The number of aromatic nitrogens is 2. The van der Waals surface area contributed by atoms with Crippen LogP contribution in [0.25, 0.3) is 11.6 Å². The minimum Gasteiger partial charge on any atom is -0.478 e. The van der Waals surface area contributed by atoms with Crippen LogP contribution in [0.2, 0.25) is 0 Å². The van der Waals surface area contributed by atoms with Gasteiger partial charge in [0, 0.05) is 11.3 Å². The molecule has 3 N–H and O–H groups in total. The topological polar surface area (TPSA) is 95.1 Å². The quantitative estimate of drug-likeness (QED) is 0.710. The number of nitrogens with zero attached hydrogens (tertiary/aromatic N) is 1. The summed E-state index contributed by atoms with van der Waals surface area (Å²) in [5.41, 5.74) is 2.44. The number of fused-ring (bicyclic) bond motifs is 1. The van der Waals surface area contributed by atoms with Gasteiger partial charge in [0.15, 0.2) is 0 Å². The Hall–Kier alpha value is -2.89. The summed E-state index contributed by atoms with van der Waals surface area (Å²) in [6.45, 7) is 0. The van der Waals surface area contributed by atoms with Gasteiger partial charge in [-0.1, -0.05) is 0 Å². The van der Waals surface area contributed by atoms with E-state index in [9.17, 15) is 9.59 Å². The maximum atomic E-state index is 11.9. The van der Waals surface area contributed by atoms with Gasteiger partial charge in [0.25, 0.3) is 5.91 Å². The van der Waals surface area contributed by atoms with E-state index >= 15 is 0 Å². The van der Waals surface area contributed by atoms with Crippen molar-refractivity contribution in [2.75, 3.05) is 5.32 Å².